The molecule has 1 saturated heterocycles. The van der Waals surface area contributed by atoms with Gasteiger partial charge in [-0.05, 0) is 25.0 Å². The molecular formula is C15H19N5O. The van der Waals surface area contributed by atoms with Gasteiger partial charge < -0.3 is 0 Å². The van der Waals surface area contributed by atoms with Crippen LogP contribution in [0.15, 0.2) is 30.6 Å². The number of imidazole rings is 1. The fourth-order valence-corrected chi connectivity index (χ4v) is 3.54. The molecule has 6 nitrogen and oxygen atoms in total. The number of benzene rings is 1. The molecule has 3 N–H and O–H groups in total. The quantitative estimate of drug-likeness (QED) is 0.774. The molecule has 2 heterocycles. The van der Waals surface area contributed by atoms with E-state index in [4.69, 9.17) is 0 Å². The second kappa shape index (κ2) is 5.13. The Balaban J connectivity index is 1.53. The highest BCUT2D eigenvalue weighted by molar-refractivity contribution is 5.91. The lowest BCUT2D eigenvalue weighted by molar-refractivity contribution is -0.119. The van der Waals surface area contributed by atoms with E-state index in [0.717, 1.165) is 23.9 Å². The number of carbonyl (C=O) groups is 1. The molecule has 0 radical (unpaired) electrons. The van der Waals surface area contributed by atoms with Crippen molar-refractivity contribution in [2.75, 3.05) is 5.43 Å². The lowest BCUT2D eigenvalue weighted by atomic mass is 9.81. The summed E-state index contributed by atoms with van der Waals surface area (Å²) < 4.78 is 1.70. The summed E-state index contributed by atoms with van der Waals surface area (Å²) in [6, 6.07) is 8.03. The Bertz CT molecular complexity index is 667. The summed E-state index contributed by atoms with van der Waals surface area (Å²) in [6.45, 7) is 0. The normalized spacial score (nSPS) is 28.5. The predicted octanol–water partition coefficient (Wildman–Crippen LogP) is 1.14. The summed E-state index contributed by atoms with van der Waals surface area (Å²) in [5, 5.41) is 0. The van der Waals surface area contributed by atoms with Crippen molar-refractivity contribution in [2.24, 2.45) is 5.92 Å². The standard InChI is InChI=1S/C15H19N5O/c21-15(14-10-5-1-2-6-11(10)17-18-14)19-20-9-16-12-7-3-4-8-13(12)20/h3-4,7-11,14,17-18H,1-2,5-6H2,(H,19,21). The predicted molar refractivity (Wildman–Crippen MR) is 79.9 cm³/mol. The molecule has 1 aliphatic carbocycles. The Morgan fingerprint density at radius 1 is 1.24 bits per heavy atom. The molecule has 1 aliphatic heterocycles. The molecule has 21 heavy (non-hydrogen) atoms. The van der Waals surface area contributed by atoms with Crippen LogP contribution in [0.1, 0.15) is 25.7 Å². The van der Waals surface area contributed by atoms with E-state index >= 15 is 0 Å². The highest BCUT2D eigenvalue weighted by Crippen LogP contribution is 2.30. The van der Waals surface area contributed by atoms with Crippen molar-refractivity contribution in [3.8, 4) is 0 Å². The van der Waals surface area contributed by atoms with E-state index in [1.807, 2.05) is 24.3 Å². The lowest BCUT2D eigenvalue weighted by Gasteiger charge is -2.26. The molecule has 1 amide bonds. The molecular weight excluding hydrogens is 266 g/mol. The summed E-state index contributed by atoms with van der Waals surface area (Å²) >= 11 is 0. The van der Waals surface area contributed by atoms with Gasteiger partial charge in [0.25, 0.3) is 5.91 Å². The van der Waals surface area contributed by atoms with Crippen LogP contribution in [-0.4, -0.2) is 27.7 Å². The number of amides is 1. The summed E-state index contributed by atoms with van der Waals surface area (Å²) in [4.78, 5) is 16.8. The number of hydrogen-bond acceptors (Lipinski definition) is 4. The molecule has 1 saturated carbocycles. The van der Waals surface area contributed by atoms with E-state index in [0.29, 0.717) is 12.0 Å². The van der Waals surface area contributed by atoms with Crippen molar-refractivity contribution in [2.45, 2.75) is 37.8 Å². The van der Waals surface area contributed by atoms with E-state index in [1.165, 1.54) is 12.8 Å². The summed E-state index contributed by atoms with van der Waals surface area (Å²) in [7, 11) is 0. The first kappa shape index (κ1) is 12.8. The molecule has 110 valence electrons. The van der Waals surface area contributed by atoms with Gasteiger partial charge in [0.1, 0.15) is 12.4 Å². The van der Waals surface area contributed by atoms with Gasteiger partial charge in [-0.15, -0.1) is 0 Å². The van der Waals surface area contributed by atoms with Gasteiger partial charge in [-0.2, -0.15) is 0 Å². The van der Waals surface area contributed by atoms with Crippen molar-refractivity contribution in [1.29, 1.82) is 0 Å². The topological polar surface area (TPSA) is 71.0 Å². The van der Waals surface area contributed by atoms with Crippen molar-refractivity contribution < 1.29 is 4.79 Å². The number of aromatic nitrogens is 2. The highest BCUT2D eigenvalue weighted by atomic mass is 16.2. The van der Waals surface area contributed by atoms with Crippen LogP contribution in [0, 0.1) is 5.92 Å². The fraction of sp³-hybridized carbons (Fsp3) is 0.467. The first-order valence-corrected chi connectivity index (χ1v) is 7.57. The van der Waals surface area contributed by atoms with Crippen LogP contribution in [0.25, 0.3) is 11.0 Å². The number of hydrazine groups is 1. The maximum Gasteiger partial charge on any atom is 0.257 e. The third kappa shape index (κ3) is 2.20. The van der Waals surface area contributed by atoms with Crippen molar-refractivity contribution >= 4 is 16.9 Å². The molecule has 3 atom stereocenters. The van der Waals surface area contributed by atoms with Crippen molar-refractivity contribution in [3.63, 3.8) is 0 Å². The zero-order chi connectivity index (χ0) is 14.2. The van der Waals surface area contributed by atoms with Gasteiger partial charge in [-0.1, -0.05) is 25.0 Å². The first-order valence-electron chi connectivity index (χ1n) is 7.57. The van der Waals surface area contributed by atoms with Crippen LogP contribution in [0.5, 0.6) is 0 Å². The molecule has 1 aromatic carbocycles. The summed E-state index contributed by atoms with van der Waals surface area (Å²) in [6.07, 6.45) is 6.37. The number of para-hydroxylation sites is 2. The largest absolute Gasteiger partial charge is 0.271 e. The van der Waals surface area contributed by atoms with Crippen LogP contribution in [-0.2, 0) is 4.79 Å². The van der Waals surface area contributed by atoms with Gasteiger partial charge in [0.2, 0.25) is 0 Å². The minimum Gasteiger partial charge on any atom is -0.271 e. The maximum atomic E-state index is 12.5. The zero-order valence-electron chi connectivity index (χ0n) is 11.7. The third-order valence-corrected chi connectivity index (χ3v) is 4.64. The van der Waals surface area contributed by atoms with Gasteiger partial charge in [0, 0.05) is 12.0 Å². The van der Waals surface area contributed by atoms with E-state index in [1.54, 1.807) is 11.0 Å². The lowest BCUT2D eigenvalue weighted by Crippen LogP contribution is -2.44. The van der Waals surface area contributed by atoms with Crippen LogP contribution in [0.2, 0.25) is 0 Å². The maximum absolute atomic E-state index is 12.5. The SMILES string of the molecule is O=C(Nn1cnc2ccccc21)C1NNC2CCCCC21. The second-order valence-electron chi connectivity index (χ2n) is 5.90. The number of nitrogens with one attached hydrogen (secondary N) is 3. The number of fused-ring (bicyclic) bond motifs is 2. The Hall–Kier alpha value is -1.92. The van der Waals surface area contributed by atoms with Crippen LogP contribution >= 0.6 is 0 Å². The molecule has 2 fully saturated rings. The zero-order valence-corrected chi connectivity index (χ0v) is 11.7. The Morgan fingerprint density at radius 2 is 2.10 bits per heavy atom. The molecule has 6 heteroatoms. The van der Waals surface area contributed by atoms with Gasteiger partial charge >= 0.3 is 0 Å². The Kier molecular flexibility index (Phi) is 3.12. The van der Waals surface area contributed by atoms with Gasteiger partial charge in [-0.3, -0.25) is 15.6 Å². The van der Waals surface area contributed by atoms with Gasteiger partial charge in [0.15, 0.2) is 0 Å². The van der Waals surface area contributed by atoms with Gasteiger partial charge in [0.05, 0.1) is 11.0 Å². The minimum atomic E-state index is -0.170. The smallest absolute Gasteiger partial charge is 0.257 e. The second-order valence-corrected chi connectivity index (χ2v) is 5.90. The van der Waals surface area contributed by atoms with E-state index in [-0.39, 0.29) is 11.9 Å². The molecule has 4 rings (SSSR count). The fourth-order valence-electron chi connectivity index (χ4n) is 3.54. The van der Waals surface area contributed by atoms with Crippen molar-refractivity contribution in [1.82, 2.24) is 20.5 Å². The van der Waals surface area contributed by atoms with Crippen LogP contribution in [0.4, 0.5) is 0 Å². The highest BCUT2D eigenvalue weighted by Gasteiger charge is 2.41. The van der Waals surface area contributed by atoms with Gasteiger partial charge in [-0.25, -0.2) is 15.1 Å². The molecule has 0 bridgehead atoms. The van der Waals surface area contributed by atoms with E-state index in [9.17, 15) is 4.79 Å². The number of hydrogen-bond donors (Lipinski definition) is 3. The van der Waals surface area contributed by atoms with E-state index in [2.05, 4.69) is 21.3 Å². The monoisotopic (exact) mass is 285 g/mol. The number of nitrogens with zero attached hydrogens (tertiary/aromatic N) is 2. The first-order chi connectivity index (χ1) is 10.3. The van der Waals surface area contributed by atoms with Crippen LogP contribution in [0.3, 0.4) is 0 Å². The number of carbonyl (C=O) groups excluding carboxylic acids is 1. The minimum absolute atomic E-state index is 0.0000491. The molecule has 0 spiro atoms. The van der Waals surface area contributed by atoms with Crippen molar-refractivity contribution in [3.05, 3.63) is 30.6 Å². The molecule has 3 unspecified atom stereocenters. The molecule has 2 aromatic rings. The van der Waals surface area contributed by atoms with Crippen LogP contribution < -0.4 is 16.3 Å². The third-order valence-electron chi connectivity index (χ3n) is 4.64. The molecule has 2 aliphatic rings. The summed E-state index contributed by atoms with van der Waals surface area (Å²) in [5.41, 5.74) is 11.2. The Labute approximate surface area is 122 Å². The van der Waals surface area contributed by atoms with E-state index < -0.39 is 0 Å². The average Bonchev–Trinajstić information content (AvgIpc) is 3.12. The summed E-state index contributed by atoms with van der Waals surface area (Å²) in [5.74, 6) is 0.383. The number of rotatable bonds is 2. The Morgan fingerprint density at radius 3 is 3.05 bits per heavy atom. The average molecular weight is 285 g/mol. The molecule has 1 aromatic heterocycles.